The number of rotatable bonds is 7. The van der Waals surface area contributed by atoms with Gasteiger partial charge in [-0.25, -0.2) is 0 Å². The molecule has 186 valence electrons. The van der Waals surface area contributed by atoms with E-state index in [1.165, 1.54) is 5.56 Å². The summed E-state index contributed by atoms with van der Waals surface area (Å²) in [5.74, 6) is -1.10. The Labute approximate surface area is 213 Å². The van der Waals surface area contributed by atoms with Crippen LogP contribution >= 0.6 is 0 Å². The van der Waals surface area contributed by atoms with Crippen LogP contribution in [0.2, 0.25) is 0 Å². The van der Waals surface area contributed by atoms with E-state index in [1.54, 1.807) is 6.08 Å². The van der Waals surface area contributed by atoms with Crippen molar-refractivity contribution >= 4 is 17.4 Å². The number of carbonyl (C=O) groups excluding carboxylic acids is 1. The largest absolute Gasteiger partial charge is 0.480 e. The van der Waals surface area contributed by atoms with Gasteiger partial charge in [-0.2, -0.15) is 0 Å². The van der Waals surface area contributed by atoms with Gasteiger partial charge < -0.3 is 15.3 Å². The second-order valence-electron chi connectivity index (χ2n) is 10.6. The Morgan fingerprint density at radius 3 is 2.42 bits per heavy atom. The number of Topliss-reactive ketones (excluding diaryl/α,β-unsaturated/α-hetero) is 1. The number of carbonyl (C=O) groups is 2. The van der Waals surface area contributed by atoms with Crippen molar-refractivity contribution in [3.63, 3.8) is 0 Å². The highest BCUT2D eigenvalue weighted by Crippen LogP contribution is 2.48. The summed E-state index contributed by atoms with van der Waals surface area (Å²) in [4.78, 5) is 26.9. The average molecular weight is 483 g/mol. The number of allylic oxidation sites excluding steroid dienone is 6. The van der Waals surface area contributed by atoms with E-state index in [1.807, 2.05) is 37.4 Å². The summed E-state index contributed by atoms with van der Waals surface area (Å²) in [6.45, 7) is 14.5. The van der Waals surface area contributed by atoms with Gasteiger partial charge in [-0.05, 0) is 47.4 Å². The number of ketones is 1. The minimum absolute atomic E-state index is 0.114. The van der Waals surface area contributed by atoms with Crippen LogP contribution in [-0.2, 0) is 20.4 Å². The monoisotopic (exact) mass is 482 g/mol. The average Bonchev–Trinajstić information content (AvgIpc) is 3.02. The van der Waals surface area contributed by atoms with Gasteiger partial charge in [-0.1, -0.05) is 76.7 Å². The molecule has 0 saturated heterocycles. The van der Waals surface area contributed by atoms with Crippen molar-refractivity contribution in [2.75, 3.05) is 18.5 Å². The molecule has 0 atom stereocenters. The van der Waals surface area contributed by atoms with Crippen LogP contribution in [0.4, 0.5) is 5.69 Å². The van der Waals surface area contributed by atoms with E-state index in [-0.39, 0.29) is 17.7 Å². The lowest BCUT2D eigenvalue weighted by Gasteiger charge is -2.32. The van der Waals surface area contributed by atoms with Crippen molar-refractivity contribution in [3.05, 3.63) is 112 Å². The summed E-state index contributed by atoms with van der Waals surface area (Å²) in [7, 11) is 2.00. The Morgan fingerprint density at radius 2 is 1.78 bits per heavy atom. The zero-order valence-corrected chi connectivity index (χ0v) is 21.9. The van der Waals surface area contributed by atoms with E-state index in [9.17, 15) is 14.7 Å². The van der Waals surface area contributed by atoms with Gasteiger partial charge in [0, 0.05) is 40.4 Å². The maximum atomic E-state index is 13.4. The number of carboxylic acid groups (broad SMARTS) is 1. The molecule has 0 spiro atoms. The topological polar surface area (TPSA) is 69.6 Å². The summed E-state index contributed by atoms with van der Waals surface area (Å²) in [5.41, 5.74) is 7.16. The molecular formula is C31H34N2O3. The first-order chi connectivity index (χ1) is 16.9. The van der Waals surface area contributed by atoms with Crippen molar-refractivity contribution in [2.24, 2.45) is 0 Å². The Kier molecular flexibility index (Phi) is 6.29. The number of aryl methyl sites for hydroxylation is 1. The van der Waals surface area contributed by atoms with Crippen molar-refractivity contribution in [3.8, 4) is 0 Å². The third-order valence-corrected chi connectivity index (χ3v) is 7.61. The lowest BCUT2D eigenvalue weighted by atomic mass is 9.74. The van der Waals surface area contributed by atoms with E-state index in [0.717, 1.165) is 28.1 Å². The number of hydrogen-bond acceptors (Lipinski definition) is 4. The minimum Gasteiger partial charge on any atom is -0.480 e. The normalized spacial score (nSPS) is 18.9. The van der Waals surface area contributed by atoms with Crippen LogP contribution in [0.3, 0.4) is 0 Å². The number of hydrogen-bond donors (Lipinski definition) is 2. The van der Waals surface area contributed by atoms with E-state index in [2.05, 4.69) is 75.7 Å². The zero-order chi connectivity index (χ0) is 26.4. The molecule has 0 aromatic heterocycles. The lowest BCUT2D eigenvalue weighted by molar-refractivity contribution is -0.135. The summed E-state index contributed by atoms with van der Waals surface area (Å²) in [6.07, 6.45) is 3.71. The molecule has 1 aliphatic heterocycles. The highest BCUT2D eigenvalue weighted by Gasteiger charge is 2.41. The third-order valence-electron chi connectivity index (χ3n) is 7.61. The maximum absolute atomic E-state index is 13.4. The van der Waals surface area contributed by atoms with Crippen molar-refractivity contribution in [2.45, 2.75) is 45.4 Å². The van der Waals surface area contributed by atoms with Crippen molar-refractivity contribution in [1.29, 1.82) is 0 Å². The highest BCUT2D eigenvalue weighted by molar-refractivity contribution is 6.22. The second kappa shape index (κ2) is 8.98. The number of fused-ring (bicyclic) bond motifs is 1. The standard InChI is InChI=1S/C31H34N2O3/c1-19-12-8-9-13-23(19)30(3,4)20(2)16-21-28(32-18-27(34)35)22(29(21)36)17-26-31(5,6)24-14-10-11-15-25(24)33(26)7/h8-17,32H,2,18H2,1,3-7H3,(H,34,35)/b21-16-,26-17+. The van der Waals surface area contributed by atoms with E-state index in [0.29, 0.717) is 16.8 Å². The molecule has 5 nitrogen and oxygen atoms in total. The predicted molar refractivity (Wildman–Crippen MR) is 145 cm³/mol. The van der Waals surface area contributed by atoms with Crippen LogP contribution in [0.25, 0.3) is 0 Å². The van der Waals surface area contributed by atoms with Crippen molar-refractivity contribution < 1.29 is 14.7 Å². The zero-order valence-electron chi connectivity index (χ0n) is 21.9. The SMILES string of the molecule is C=C(/C=C1\C(=O)C(/C=C2/N(C)c3ccccc3C2(C)C)=C1NCC(=O)O)C(C)(C)c1ccccc1C. The second-order valence-corrected chi connectivity index (χ2v) is 10.6. The first-order valence-corrected chi connectivity index (χ1v) is 12.1. The Bertz CT molecular complexity index is 1370. The number of aliphatic carboxylic acids is 1. The quantitative estimate of drug-likeness (QED) is 0.505. The van der Waals surface area contributed by atoms with Gasteiger partial charge in [0.05, 0.1) is 5.70 Å². The van der Waals surface area contributed by atoms with Gasteiger partial charge >= 0.3 is 5.97 Å². The molecule has 5 heteroatoms. The van der Waals surface area contributed by atoms with Gasteiger partial charge in [-0.3, -0.25) is 9.59 Å². The molecule has 1 aliphatic carbocycles. The molecular weight excluding hydrogens is 448 g/mol. The van der Waals surface area contributed by atoms with Crippen LogP contribution in [0.1, 0.15) is 44.4 Å². The lowest BCUT2D eigenvalue weighted by Crippen LogP contribution is -2.35. The fraction of sp³-hybridized carbons (Fsp3) is 0.290. The van der Waals surface area contributed by atoms with Crippen LogP contribution in [0.15, 0.2) is 95.4 Å². The summed E-state index contributed by atoms with van der Waals surface area (Å²) >= 11 is 0. The summed E-state index contributed by atoms with van der Waals surface area (Å²) < 4.78 is 0. The molecule has 0 unspecified atom stereocenters. The Morgan fingerprint density at radius 1 is 1.14 bits per heavy atom. The number of para-hydroxylation sites is 1. The van der Waals surface area contributed by atoms with Gasteiger partial charge in [0.15, 0.2) is 5.78 Å². The molecule has 0 bridgehead atoms. The molecule has 36 heavy (non-hydrogen) atoms. The van der Waals surface area contributed by atoms with Crippen LogP contribution in [-0.4, -0.2) is 30.5 Å². The smallest absolute Gasteiger partial charge is 0.322 e. The predicted octanol–water partition coefficient (Wildman–Crippen LogP) is 5.58. The number of likely N-dealkylation sites (N-methyl/N-ethyl adjacent to an activating group) is 1. The number of carboxylic acids is 1. The fourth-order valence-corrected chi connectivity index (χ4v) is 5.28. The molecule has 0 saturated carbocycles. The minimum atomic E-state index is -0.988. The number of anilines is 1. The Balaban J connectivity index is 1.76. The molecule has 0 amide bonds. The van der Waals surface area contributed by atoms with E-state index in [4.69, 9.17) is 0 Å². The number of nitrogens with zero attached hydrogens (tertiary/aromatic N) is 1. The summed E-state index contributed by atoms with van der Waals surface area (Å²) in [5, 5.41) is 12.3. The van der Waals surface area contributed by atoms with Crippen molar-refractivity contribution in [1.82, 2.24) is 5.32 Å². The highest BCUT2D eigenvalue weighted by atomic mass is 16.4. The van der Waals surface area contributed by atoms with E-state index >= 15 is 0 Å². The van der Waals surface area contributed by atoms with Crippen LogP contribution in [0.5, 0.6) is 0 Å². The first kappa shape index (κ1) is 25.2. The van der Waals surface area contributed by atoms with Crippen LogP contribution < -0.4 is 10.2 Å². The number of nitrogens with one attached hydrogen (secondary N) is 1. The third kappa shape index (κ3) is 4.09. The summed E-state index contributed by atoms with van der Waals surface area (Å²) in [6, 6.07) is 16.3. The molecule has 0 fully saturated rings. The molecule has 2 aliphatic rings. The molecule has 1 heterocycles. The molecule has 2 aromatic carbocycles. The van der Waals surface area contributed by atoms with Gasteiger partial charge in [0.25, 0.3) is 0 Å². The molecule has 4 rings (SSSR count). The number of benzene rings is 2. The molecule has 2 aromatic rings. The Hall–Kier alpha value is -3.86. The van der Waals surface area contributed by atoms with Crippen LogP contribution in [0, 0.1) is 6.92 Å². The van der Waals surface area contributed by atoms with Gasteiger partial charge in [-0.15, -0.1) is 0 Å². The van der Waals surface area contributed by atoms with Gasteiger partial charge in [0.2, 0.25) is 0 Å². The molecule has 0 radical (unpaired) electrons. The van der Waals surface area contributed by atoms with E-state index < -0.39 is 11.4 Å². The van der Waals surface area contributed by atoms with Gasteiger partial charge in [0.1, 0.15) is 6.54 Å². The molecule has 2 N–H and O–H groups in total. The maximum Gasteiger partial charge on any atom is 0.322 e. The first-order valence-electron chi connectivity index (χ1n) is 12.1. The fourth-order valence-electron chi connectivity index (χ4n) is 5.28.